The van der Waals surface area contributed by atoms with Crippen LogP contribution < -0.4 is 0 Å². The molecule has 0 bridgehead atoms. The summed E-state index contributed by atoms with van der Waals surface area (Å²) in [6.45, 7) is 1.86. The summed E-state index contributed by atoms with van der Waals surface area (Å²) >= 11 is 0. The molecule has 0 aliphatic heterocycles. The van der Waals surface area contributed by atoms with Crippen LogP contribution in [0.3, 0.4) is 0 Å². The fourth-order valence-corrected chi connectivity index (χ4v) is 0.636. The third-order valence-electron chi connectivity index (χ3n) is 1.16. The summed E-state index contributed by atoms with van der Waals surface area (Å²) in [5.74, 6) is 0. The number of aromatic nitrogens is 2. The Hall–Kier alpha value is -1.51. The van der Waals surface area contributed by atoms with Crippen LogP contribution in [0.5, 0.6) is 0 Å². The van der Waals surface area contributed by atoms with Crippen LogP contribution in [0.2, 0.25) is 0 Å². The lowest BCUT2D eigenvalue weighted by atomic mass is 10.3. The molecule has 56 valence electrons. The van der Waals surface area contributed by atoms with Gasteiger partial charge in [0.1, 0.15) is 6.29 Å². The van der Waals surface area contributed by atoms with Gasteiger partial charge in [0, 0.05) is 0 Å². The van der Waals surface area contributed by atoms with Crippen LogP contribution >= 0.6 is 0 Å². The van der Waals surface area contributed by atoms with Gasteiger partial charge >= 0.3 is 0 Å². The van der Waals surface area contributed by atoms with Crippen molar-refractivity contribution in [2.24, 2.45) is 0 Å². The second-order valence-electron chi connectivity index (χ2n) is 2.09. The van der Waals surface area contributed by atoms with Crippen LogP contribution in [0.25, 0.3) is 6.08 Å². The van der Waals surface area contributed by atoms with Crippen molar-refractivity contribution in [1.29, 1.82) is 0 Å². The van der Waals surface area contributed by atoms with Gasteiger partial charge in [-0.05, 0) is 31.2 Å². The Labute approximate surface area is 64.8 Å². The van der Waals surface area contributed by atoms with Crippen LogP contribution in [0, 0.1) is 6.92 Å². The van der Waals surface area contributed by atoms with Crippen molar-refractivity contribution in [2.45, 2.75) is 6.92 Å². The molecule has 0 aliphatic rings. The van der Waals surface area contributed by atoms with Gasteiger partial charge in [-0.2, -0.15) is 10.2 Å². The van der Waals surface area contributed by atoms with E-state index in [-0.39, 0.29) is 0 Å². The zero-order chi connectivity index (χ0) is 8.10. The Balaban J connectivity index is 2.81. The largest absolute Gasteiger partial charge is 0.299 e. The van der Waals surface area contributed by atoms with Crippen LogP contribution in [-0.2, 0) is 4.79 Å². The van der Waals surface area contributed by atoms with Crippen molar-refractivity contribution in [3.63, 3.8) is 0 Å². The van der Waals surface area contributed by atoms with Crippen molar-refractivity contribution < 1.29 is 4.79 Å². The summed E-state index contributed by atoms with van der Waals surface area (Å²) in [6.07, 6.45) is 3.71. The molecule has 1 heterocycles. The number of hydrogen-bond donors (Lipinski definition) is 0. The highest BCUT2D eigenvalue weighted by atomic mass is 16.1. The van der Waals surface area contributed by atoms with Crippen LogP contribution in [0.15, 0.2) is 18.2 Å². The van der Waals surface area contributed by atoms with E-state index >= 15 is 0 Å². The molecule has 0 aliphatic carbocycles. The fraction of sp³-hybridized carbons (Fsp3) is 0.125. The van der Waals surface area contributed by atoms with Gasteiger partial charge in [0.2, 0.25) is 0 Å². The number of allylic oxidation sites excluding steroid dienone is 1. The molecule has 0 saturated heterocycles. The van der Waals surface area contributed by atoms with Gasteiger partial charge in [-0.1, -0.05) is 0 Å². The Morgan fingerprint density at radius 1 is 1.36 bits per heavy atom. The maximum atomic E-state index is 9.91. The predicted octanol–water partition coefficient (Wildman–Crippen LogP) is 0.997. The number of carbonyl (C=O) groups excluding carboxylic acids is 1. The highest BCUT2D eigenvalue weighted by Crippen LogP contribution is 1.96. The average Bonchev–Trinajstić information content (AvgIpc) is 2.04. The standard InChI is InChI=1S/C8H8N2O/c1-7-4-5-8(10-9-7)3-2-6-11/h2-6H,1H3. The summed E-state index contributed by atoms with van der Waals surface area (Å²) < 4.78 is 0. The average molecular weight is 148 g/mol. The van der Waals surface area contributed by atoms with E-state index in [1.165, 1.54) is 6.08 Å². The Kier molecular flexibility index (Phi) is 2.49. The molecule has 0 N–H and O–H groups in total. The van der Waals surface area contributed by atoms with E-state index in [2.05, 4.69) is 10.2 Å². The van der Waals surface area contributed by atoms with Gasteiger partial charge in [-0.25, -0.2) is 0 Å². The van der Waals surface area contributed by atoms with E-state index in [1.807, 2.05) is 19.1 Å². The molecule has 3 nitrogen and oxygen atoms in total. The number of nitrogens with zero attached hydrogens (tertiary/aromatic N) is 2. The number of rotatable bonds is 2. The van der Waals surface area contributed by atoms with Crippen LogP contribution in [-0.4, -0.2) is 16.5 Å². The summed E-state index contributed by atoms with van der Waals surface area (Å²) in [6, 6.07) is 3.65. The highest BCUT2D eigenvalue weighted by Gasteiger charge is 1.87. The molecular weight excluding hydrogens is 140 g/mol. The minimum atomic E-state index is 0.697. The third kappa shape index (κ3) is 2.29. The van der Waals surface area contributed by atoms with E-state index in [0.29, 0.717) is 12.0 Å². The second kappa shape index (κ2) is 3.61. The third-order valence-corrected chi connectivity index (χ3v) is 1.16. The Morgan fingerprint density at radius 3 is 2.73 bits per heavy atom. The van der Waals surface area contributed by atoms with Crippen molar-refractivity contribution in [3.8, 4) is 0 Å². The molecule has 0 spiro atoms. The first kappa shape index (κ1) is 7.60. The number of carbonyl (C=O) groups is 1. The zero-order valence-electron chi connectivity index (χ0n) is 6.19. The molecule has 3 heteroatoms. The van der Waals surface area contributed by atoms with E-state index in [1.54, 1.807) is 6.08 Å². The quantitative estimate of drug-likeness (QED) is 0.464. The van der Waals surface area contributed by atoms with Crippen LogP contribution in [0.1, 0.15) is 11.4 Å². The molecule has 0 aromatic carbocycles. The molecule has 1 aromatic heterocycles. The van der Waals surface area contributed by atoms with Crippen molar-refractivity contribution in [1.82, 2.24) is 10.2 Å². The zero-order valence-corrected chi connectivity index (χ0v) is 6.19. The minimum Gasteiger partial charge on any atom is -0.299 e. The molecule has 0 radical (unpaired) electrons. The molecule has 0 amide bonds. The molecule has 0 saturated carbocycles. The van der Waals surface area contributed by atoms with Gasteiger partial charge < -0.3 is 0 Å². The summed E-state index contributed by atoms with van der Waals surface area (Å²) in [5, 5.41) is 7.63. The normalized spacial score (nSPS) is 10.3. The summed E-state index contributed by atoms with van der Waals surface area (Å²) in [7, 11) is 0. The molecule has 0 fully saturated rings. The molecule has 1 aromatic rings. The predicted molar refractivity (Wildman–Crippen MR) is 41.9 cm³/mol. The first-order chi connectivity index (χ1) is 5.33. The lowest BCUT2D eigenvalue weighted by molar-refractivity contribution is -0.104. The summed E-state index contributed by atoms with van der Waals surface area (Å²) in [5.41, 5.74) is 1.57. The van der Waals surface area contributed by atoms with Crippen molar-refractivity contribution in [3.05, 3.63) is 29.6 Å². The van der Waals surface area contributed by atoms with Crippen molar-refractivity contribution in [2.75, 3.05) is 0 Å². The maximum Gasteiger partial charge on any atom is 0.142 e. The van der Waals surface area contributed by atoms with Gasteiger partial charge in [0.05, 0.1) is 11.4 Å². The van der Waals surface area contributed by atoms with Gasteiger partial charge in [-0.15, -0.1) is 0 Å². The number of aryl methyl sites for hydroxylation is 1. The molecule has 0 unspecified atom stereocenters. The fourth-order valence-electron chi connectivity index (χ4n) is 0.636. The topological polar surface area (TPSA) is 42.9 Å². The monoisotopic (exact) mass is 148 g/mol. The molecule has 11 heavy (non-hydrogen) atoms. The number of aldehydes is 1. The lowest BCUT2D eigenvalue weighted by Gasteiger charge is -1.89. The lowest BCUT2D eigenvalue weighted by Crippen LogP contribution is -1.87. The smallest absolute Gasteiger partial charge is 0.142 e. The van der Waals surface area contributed by atoms with Gasteiger partial charge in [-0.3, -0.25) is 4.79 Å². The summed E-state index contributed by atoms with van der Waals surface area (Å²) in [4.78, 5) is 9.91. The molecular formula is C8H8N2O. The van der Waals surface area contributed by atoms with Gasteiger partial charge in [0.25, 0.3) is 0 Å². The van der Waals surface area contributed by atoms with E-state index in [0.717, 1.165) is 5.69 Å². The van der Waals surface area contributed by atoms with E-state index in [4.69, 9.17) is 0 Å². The Morgan fingerprint density at radius 2 is 2.18 bits per heavy atom. The van der Waals surface area contributed by atoms with Gasteiger partial charge in [0.15, 0.2) is 0 Å². The second-order valence-corrected chi connectivity index (χ2v) is 2.09. The SMILES string of the molecule is Cc1ccc(C=CC=O)nn1. The minimum absolute atomic E-state index is 0.697. The van der Waals surface area contributed by atoms with E-state index < -0.39 is 0 Å². The highest BCUT2D eigenvalue weighted by molar-refractivity contribution is 5.72. The number of hydrogen-bond acceptors (Lipinski definition) is 3. The Bertz CT molecular complexity index is 264. The van der Waals surface area contributed by atoms with Crippen molar-refractivity contribution >= 4 is 12.4 Å². The first-order valence-electron chi connectivity index (χ1n) is 3.25. The molecule has 1 rings (SSSR count). The van der Waals surface area contributed by atoms with E-state index in [9.17, 15) is 4.79 Å². The molecule has 0 atom stereocenters. The first-order valence-corrected chi connectivity index (χ1v) is 3.25. The van der Waals surface area contributed by atoms with Crippen LogP contribution in [0.4, 0.5) is 0 Å². The maximum absolute atomic E-state index is 9.91.